The molecule has 0 N–H and O–H groups in total. The molecule has 3 heteroatoms. The summed E-state index contributed by atoms with van der Waals surface area (Å²) in [6.07, 6.45) is 0. The Balaban J connectivity index is 2.72. The van der Waals surface area contributed by atoms with Gasteiger partial charge in [-0.3, -0.25) is 0 Å². The molecule has 1 aromatic rings. The van der Waals surface area contributed by atoms with E-state index in [1.807, 2.05) is 13.0 Å². The highest BCUT2D eigenvalue weighted by molar-refractivity contribution is 5.89. The van der Waals surface area contributed by atoms with E-state index in [2.05, 4.69) is 4.74 Å². The Labute approximate surface area is 76.6 Å². The van der Waals surface area contributed by atoms with Crippen LogP contribution in [0, 0.1) is 18.3 Å². The molecule has 0 aliphatic carbocycles. The van der Waals surface area contributed by atoms with Gasteiger partial charge in [-0.1, -0.05) is 17.7 Å². The number of carbonyl (C=O) groups is 1. The molecule has 0 spiro atoms. The van der Waals surface area contributed by atoms with Gasteiger partial charge in [0.15, 0.2) is 6.61 Å². The molecular formula is C10H9NO2. The van der Waals surface area contributed by atoms with Crippen molar-refractivity contribution in [2.24, 2.45) is 0 Å². The summed E-state index contributed by atoms with van der Waals surface area (Å²) in [5.41, 5.74) is 1.47. The summed E-state index contributed by atoms with van der Waals surface area (Å²) in [6.45, 7) is 1.69. The van der Waals surface area contributed by atoms with Crippen LogP contribution in [0.25, 0.3) is 0 Å². The summed E-state index contributed by atoms with van der Waals surface area (Å²) in [5.74, 6) is -0.453. The topological polar surface area (TPSA) is 50.1 Å². The molecule has 0 aliphatic rings. The zero-order valence-corrected chi connectivity index (χ0v) is 7.28. The molecule has 1 rings (SSSR count). The molecule has 0 saturated heterocycles. The first-order chi connectivity index (χ1) is 6.24. The molecule has 0 bridgehead atoms. The van der Waals surface area contributed by atoms with E-state index in [4.69, 9.17) is 5.26 Å². The smallest absolute Gasteiger partial charge is 0.339 e. The molecule has 66 valence electrons. The largest absolute Gasteiger partial charge is 0.447 e. The summed E-state index contributed by atoms with van der Waals surface area (Å²) < 4.78 is 4.63. The summed E-state index contributed by atoms with van der Waals surface area (Å²) >= 11 is 0. The molecule has 3 nitrogen and oxygen atoms in total. The normalized spacial score (nSPS) is 8.92. The average molecular weight is 175 g/mol. The van der Waals surface area contributed by atoms with E-state index in [1.54, 1.807) is 24.3 Å². The van der Waals surface area contributed by atoms with Crippen molar-refractivity contribution in [2.75, 3.05) is 6.61 Å². The fourth-order valence-electron chi connectivity index (χ4n) is 0.953. The number of benzene rings is 1. The van der Waals surface area contributed by atoms with E-state index in [-0.39, 0.29) is 6.61 Å². The molecule has 0 aliphatic heterocycles. The summed E-state index contributed by atoms with van der Waals surface area (Å²) in [7, 11) is 0. The second kappa shape index (κ2) is 4.27. The van der Waals surface area contributed by atoms with Gasteiger partial charge in [0.2, 0.25) is 0 Å². The van der Waals surface area contributed by atoms with E-state index in [0.29, 0.717) is 5.56 Å². The third-order valence-corrected chi connectivity index (χ3v) is 1.52. The number of nitriles is 1. The Hall–Kier alpha value is -1.82. The Morgan fingerprint density at radius 2 is 2.38 bits per heavy atom. The van der Waals surface area contributed by atoms with Crippen molar-refractivity contribution in [2.45, 2.75) is 6.92 Å². The van der Waals surface area contributed by atoms with Gasteiger partial charge in [-0.15, -0.1) is 0 Å². The number of carbonyl (C=O) groups excluding carboxylic acids is 1. The molecule has 0 radical (unpaired) electrons. The number of esters is 1. The minimum Gasteiger partial charge on any atom is -0.447 e. The quantitative estimate of drug-likeness (QED) is 0.642. The molecule has 1 aromatic carbocycles. The van der Waals surface area contributed by atoms with E-state index in [9.17, 15) is 4.79 Å². The van der Waals surface area contributed by atoms with Crippen LogP contribution in [0.5, 0.6) is 0 Å². The maximum absolute atomic E-state index is 11.2. The zero-order valence-electron chi connectivity index (χ0n) is 7.28. The molecule has 0 heterocycles. The van der Waals surface area contributed by atoms with Crippen molar-refractivity contribution in [1.82, 2.24) is 0 Å². The van der Waals surface area contributed by atoms with Crippen molar-refractivity contribution >= 4 is 5.97 Å². The molecule has 0 aromatic heterocycles. The number of hydrogen-bond acceptors (Lipinski definition) is 3. The average Bonchev–Trinajstić information content (AvgIpc) is 2.14. The summed E-state index contributed by atoms with van der Waals surface area (Å²) in [4.78, 5) is 11.2. The van der Waals surface area contributed by atoms with Gasteiger partial charge in [0.05, 0.1) is 5.56 Å². The van der Waals surface area contributed by atoms with Crippen molar-refractivity contribution in [3.05, 3.63) is 35.4 Å². The third-order valence-electron chi connectivity index (χ3n) is 1.52. The summed E-state index contributed by atoms with van der Waals surface area (Å²) in [5, 5.41) is 8.19. The van der Waals surface area contributed by atoms with Gasteiger partial charge in [0, 0.05) is 0 Å². The molecule has 0 atom stereocenters. The monoisotopic (exact) mass is 175 g/mol. The lowest BCUT2D eigenvalue weighted by molar-refractivity contribution is 0.0555. The molecule has 0 saturated carbocycles. The van der Waals surface area contributed by atoms with Gasteiger partial charge >= 0.3 is 5.97 Å². The van der Waals surface area contributed by atoms with E-state index in [0.717, 1.165) is 5.56 Å². The van der Waals surface area contributed by atoms with Gasteiger partial charge in [-0.25, -0.2) is 4.79 Å². The first kappa shape index (κ1) is 9.27. The van der Waals surface area contributed by atoms with Crippen LogP contribution in [-0.4, -0.2) is 12.6 Å². The highest BCUT2D eigenvalue weighted by Gasteiger charge is 2.05. The maximum Gasteiger partial charge on any atom is 0.339 e. The van der Waals surface area contributed by atoms with Gasteiger partial charge in [-0.2, -0.15) is 5.26 Å². The van der Waals surface area contributed by atoms with Crippen LogP contribution in [0.1, 0.15) is 15.9 Å². The van der Waals surface area contributed by atoms with Crippen molar-refractivity contribution in [3.8, 4) is 6.07 Å². The Morgan fingerprint density at radius 1 is 1.62 bits per heavy atom. The van der Waals surface area contributed by atoms with E-state index in [1.165, 1.54) is 0 Å². The second-order valence-corrected chi connectivity index (χ2v) is 2.60. The van der Waals surface area contributed by atoms with Gasteiger partial charge in [-0.05, 0) is 19.1 Å². The highest BCUT2D eigenvalue weighted by atomic mass is 16.5. The summed E-state index contributed by atoms with van der Waals surface area (Å²) in [6, 6.07) is 8.79. The second-order valence-electron chi connectivity index (χ2n) is 2.60. The molecule has 0 unspecified atom stereocenters. The lowest BCUT2D eigenvalue weighted by Gasteiger charge is -2.00. The SMILES string of the molecule is Cc1cccc(C(=O)OCC#N)c1. The van der Waals surface area contributed by atoms with Crippen LogP contribution in [0.2, 0.25) is 0 Å². The van der Waals surface area contributed by atoms with Crippen LogP contribution >= 0.6 is 0 Å². The first-order valence-corrected chi connectivity index (χ1v) is 3.85. The lowest BCUT2D eigenvalue weighted by atomic mass is 10.1. The highest BCUT2D eigenvalue weighted by Crippen LogP contribution is 2.05. The standard InChI is InChI=1S/C10H9NO2/c1-8-3-2-4-9(7-8)10(12)13-6-5-11/h2-4,7H,6H2,1H3. The molecule has 13 heavy (non-hydrogen) atoms. The predicted octanol–water partition coefficient (Wildman–Crippen LogP) is 1.68. The van der Waals surface area contributed by atoms with Crippen LogP contribution in [-0.2, 0) is 4.74 Å². The predicted molar refractivity (Wildman–Crippen MR) is 47.1 cm³/mol. The molecule has 0 amide bonds. The van der Waals surface area contributed by atoms with Gasteiger partial charge < -0.3 is 4.74 Å². The Morgan fingerprint density at radius 3 is 3.00 bits per heavy atom. The van der Waals surface area contributed by atoms with Crippen molar-refractivity contribution in [1.29, 1.82) is 5.26 Å². The molecular weight excluding hydrogens is 166 g/mol. The number of aryl methyl sites for hydroxylation is 1. The van der Waals surface area contributed by atoms with Crippen LogP contribution in [0.4, 0.5) is 0 Å². The molecule has 0 fully saturated rings. The van der Waals surface area contributed by atoms with Crippen LogP contribution < -0.4 is 0 Å². The number of rotatable bonds is 2. The minimum absolute atomic E-state index is 0.202. The van der Waals surface area contributed by atoms with Gasteiger partial charge in [0.25, 0.3) is 0 Å². The van der Waals surface area contributed by atoms with Crippen LogP contribution in [0.3, 0.4) is 0 Å². The van der Waals surface area contributed by atoms with Crippen molar-refractivity contribution < 1.29 is 9.53 Å². The fourth-order valence-corrected chi connectivity index (χ4v) is 0.953. The lowest BCUT2D eigenvalue weighted by Crippen LogP contribution is -2.05. The fraction of sp³-hybridized carbons (Fsp3) is 0.200. The maximum atomic E-state index is 11.2. The third kappa shape index (κ3) is 2.60. The number of ether oxygens (including phenoxy) is 1. The minimum atomic E-state index is -0.453. The van der Waals surface area contributed by atoms with E-state index >= 15 is 0 Å². The Kier molecular flexibility index (Phi) is 3.04. The number of nitrogens with zero attached hydrogens (tertiary/aromatic N) is 1. The number of hydrogen-bond donors (Lipinski definition) is 0. The van der Waals surface area contributed by atoms with E-state index < -0.39 is 5.97 Å². The van der Waals surface area contributed by atoms with Crippen molar-refractivity contribution in [3.63, 3.8) is 0 Å². The Bertz CT molecular complexity index is 352. The zero-order chi connectivity index (χ0) is 9.68. The van der Waals surface area contributed by atoms with Gasteiger partial charge in [0.1, 0.15) is 6.07 Å². The first-order valence-electron chi connectivity index (χ1n) is 3.85. The van der Waals surface area contributed by atoms with Crippen LogP contribution in [0.15, 0.2) is 24.3 Å².